The van der Waals surface area contributed by atoms with Gasteiger partial charge in [0.1, 0.15) is 0 Å². The maximum absolute atomic E-state index is 5.35. The van der Waals surface area contributed by atoms with E-state index in [1.54, 1.807) is 0 Å². The lowest BCUT2D eigenvalue weighted by Gasteiger charge is -2.02. The van der Waals surface area contributed by atoms with Gasteiger partial charge in [-0.25, -0.2) is 0 Å². The van der Waals surface area contributed by atoms with Crippen molar-refractivity contribution in [2.45, 2.75) is 20.4 Å². The van der Waals surface area contributed by atoms with Crippen LogP contribution in [0.5, 0.6) is 0 Å². The van der Waals surface area contributed by atoms with Crippen LogP contribution in [-0.4, -0.2) is 16.3 Å². The van der Waals surface area contributed by atoms with E-state index in [1.807, 2.05) is 29.2 Å². The van der Waals surface area contributed by atoms with E-state index in [0.717, 1.165) is 12.1 Å². The smallest absolute Gasteiger partial charge is 0.0562 e. The standard InChI is InChI=1S/C10H17N3/c1-9(2)7-13-8-10(6-12-13)4-3-5-11/h3-4,6,8-9H,5,7,11H2,1-2H3/b4-3+. The van der Waals surface area contributed by atoms with E-state index in [9.17, 15) is 0 Å². The molecular formula is C10H17N3. The molecule has 1 rings (SSSR count). The summed E-state index contributed by atoms with van der Waals surface area (Å²) in [5, 5.41) is 4.23. The average Bonchev–Trinajstić information content (AvgIpc) is 2.48. The summed E-state index contributed by atoms with van der Waals surface area (Å²) in [5.41, 5.74) is 6.47. The molecule has 1 aromatic heterocycles. The molecular weight excluding hydrogens is 162 g/mol. The third-order valence-corrected chi connectivity index (χ3v) is 1.65. The van der Waals surface area contributed by atoms with Crippen LogP contribution in [0, 0.1) is 5.92 Å². The monoisotopic (exact) mass is 179 g/mol. The summed E-state index contributed by atoms with van der Waals surface area (Å²) in [6, 6.07) is 0. The fourth-order valence-corrected chi connectivity index (χ4v) is 1.14. The minimum absolute atomic E-state index is 0.579. The third-order valence-electron chi connectivity index (χ3n) is 1.65. The van der Waals surface area contributed by atoms with Crippen molar-refractivity contribution < 1.29 is 0 Å². The molecule has 0 aliphatic carbocycles. The maximum Gasteiger partial charge on any atom is 0.0562 e. The van der Waals surface area contributed by atoms with Crippen LogP contribution in [0.1, 0.15) is 19.4 Å². The van der Waals surface area contributed by atoms with Gasteiger partial charge < -0.3 is 5.73 Å². The van der Waals surface area contributed by atoms with Crippen LogP contribution in [0.3, 0.4) is 0 Å². The first-order chi connectivity index (χ1) is 6.22. The van der Waals surface area contributed by atoms with E-state index < -0.39 is 0 Å². The van der Waals surface area contributed by atoms with Gasteiger partial charge in [0.25, 0.3) is 0 Å². The van der Waals surface area contributed by atoms with Crippen molar-refractivity contribution in [1.29, 1.82) is 0 Å². The summed E-state index contributed by atoms with van der Waals surface area (Å²) in [6.07, 6.45) is 7.81. The Hall–Kier alpha value is -1.09. The van der Waals surface area contributed by atoms with Crippen molar-refractivity contribution in [1.82, 2.24) is 9.78 Å². The topological polar surface area (TPSA) is 43.8 Å². The van der Waals surface area contributed by atoms with E-state index in [2.05, 4.69) is 18.9 Å². The molecule has 1 heterocycles. The molecule has 1 aromatic rings. The summed E-state index contributed by atoms with van der Waals surface area (Å²) in [6.45, 7) is 5.90. The second-order valence-electron chi connectivity index (χ2n) is 3.53. The zero-order valence-corrected chi connectivity index (χ0v) is 8.27. The predicted molar refractivity (Wildman–Crippen MR) is 55.2 cm³/mol. The zero-order chi connectivity index (χ0) is 9.68. The van der Waals surface area contributed by atoms with Crippen molar-refractivity contribution >= 4 is 6.08 Å². The van der Waals surface area contributed by atoms with Crippen LogP contribution in [0.15, 0.2) is 18.5 Å². The molecule has 0 aromatic carbocycles. The van der Waals surface area contributed by atoms with Gasteiger partial charge in [0.15, 0.2) is 0 Å². The Morgan fingerprint density at radius 2 is 2.38 bits per heavy atom. The van der Waals surface area contributed by atoms with Crippen LogP contribution < -0.4 is 5.73 Å². The highest BCUT2D eigenvalue weighted by Crippen LogP contribution is 2.03. The molecule has 0 saturated carbocycles. The normalized spacial score (nSPS) is 11.7. The largest absolute Gasteiger partial charge is 0.327 e. The summed E-state index contributed by atoms with van der Waals surface area (Å²) >= 11 is 0. The highest BCUT2D eigenvalue weighted by Gasteiger charge is 1.97. The fraction of sp³-hybridized carbons (Fsp3) is 0.500. The van der Waals surface area contributed by atoms with Gasteiger partial charge in [0.05, 0.1) is 6.20 Å². The predicted octanol–water partition coefficient (Wildman–Crippen LogP) is 1.51. The average molecular weight is 179 g/mol. The lowest BCUT2D eigenvalue weighted by molar-refractivity contribution is 0.483. The Labute approximate surface area is 79.2 Å². The molecule has 0 aliphatic rings. The molecule has 0 unspecified atom stereocenters. The summed E-state index contributed by atoms with van der Waals surface area (Å²) < 4.78 is 1.96. The van der Waals surface area contributed by atoms with E-state index in [1.165, 1.54) is 0 Å². The van der Waals surface area contributed by atoms with E-state index in [0.29, 0.717) is 12.5 Å². The highest BCUT2D eigenvalue weighted by atomic mass is 15.3. The Morgan fingerprint density at radius 3 is 3.00 bits per heavy atom. The summed E-state index contributed by atoms with van der Waals surface area (Å²) in [7, 11) is 0. The quantitative estimate of drug-likeness (QED) is 0.761. The first-order valence-electron chi connectivity index (χ1n) is 4.61. The third kappa shape index (κ3) is 3.42. The Balaban J connectivity index is 2.58. The van der Waals surface area contributed by atoms with Gasteiger partial charge in [-0.2, -0.15) is 5.10 Å². The lowest BCUT2D eigenvalue weighted by Crippen LogP contribution is -2.03. The number of nitrogens with zero attached hydrogens (tertiary/aromatic N) is 2. The molecule has 0 atom stereocenters. The SMILES string of the molecule is CC(C)Cn1cc(/C=C/CN)cn1. The maximum atomic E-state index is 5.35. The van der Waals surface area contributed by atoms with Crippen LogP contribution >= 0.6 is 0 Å². The summed E-state index contributed by atoms with van der Waals surface area (Å²) in [4.78, 5) is 0. The van der Waals surface area contributed by atoms with Crippen molar-refractivity contribution in [2.75, 3.05) is 6.54 Å². The number of aromatic nitrogens is 2. The first kappa shape index (κ1) is 9.99. The Morgan fingerprint density at radius 1 is 1.62 bits per heavy atom. The molecule has 0 bridgehead atoms. The zero-order valence-electron chi connectivity index (χ0n) is 8.27. The number of hydrogen-bond acceptors (Lipinski definition) is 2. The van der Waals surface area contributed by atoms with Crippen molar-refractivity contribution in [3.05, 3.63) is 24.0 Å². The summed E-state index contributed by atoms with van der Waals surface area (Å²) in [5.74, 6) is 0.631. The molecule has 0 amide bonds. The molecule has 3 nitrogen and oxygen atoms in total. The second kappa shape index (κ2) is 4.82. The van der Waals surface area contributed by atoms with Crippen LogP contribution in [0.25, 0.3) is 6.08 Å². The van der Waals surface area contributed by atoms with Gasteiger partial charge in [-0.3, -0.25) is 4.68 Å². The van der Waals surface area contributed by atoms with Crippen LogP contribution in [-0.2, 0) is 6.54 Å². The van der Waals surface area contributed by atoms with E-state index in [4.69, 9.17) is 5.73 Å². The van der Waals surface area contributed by atoms with E-state index in [-0.39, 0.29) is 0 Å². The van der Waals surface area contributed by atoms with Gasteiger partial charge in [-0.05, 0) is 5.92 Å². The second-order valence-corrected chi connectivity index (χ2v) is 3.53. The molecule has 72 valence electrons. The number of hydrogen-bond donors (Lipinski definition) is 1. The molecule has 0 saturated heterocycles. The number of rotatable bonds is 4. The highest BCUT2D eigenvalue weighted by molar-refractivity contribution is 5.46. The van der Waals surface area contributed by atoms with Crippen molar-refractivity contribution in [3.8, 4) is 0 Å². The molecule has 0 radical (unpaired) electrons. The molecule has 0 fully saturated rings. The lowest BCUT2D eigenvalue weighted by atomic mass is 10.2. The van der Waals surface area contributed by atoms with Gasteiger partial charge in [0.2, 0.25) is 0 Å². The molecule has 0 spiro atoms. The van der Waals surface area contributed by atoms with Gasteiger partial charge in [0, 0.05) is 24.8 Å². The van der Waals surface area contributed by atoms with Gasteiger partial charge >= 0.3 is 0 Å². The minimum Gasteiger partial charge on any atom is -0.327 e. The number of nitrogens with two attached hydrogens (primary N) is 1. The van der Waals surface area contributed by atoms with E-state index >= 15 is 0 Å². The minimum atomic E-state index is 0.579. The van der Waals surface area contributed by atoms with Crippen LogP contribution in [0.2, 0.25) is 0 Å². The van der Waals surface area contributed by atoms with Gasteiger partial charge in [-0.15, -0.1) is 0 Å². The Bertz CT molecular complexity index is 273. The van der Waals surface area contributed by atoms with Crippen LogP contribution in [0.4, 0.5) is 0 Å². The molecule has 3 heteroatoms. The van der Waals surface area contributed by atoms with Gasteiger partial charge in [-0.1, -0.05) is 26.0 Å². The fourth-order valence-electron chi connectivity index (χ4n) is 1.14. The first-order valence-corrected chi connectivity index (χ1v) is 4.61. The molecule has 13 heavy (non-hydrogen) atoms. The van der Waals surface area contributed by atoms with Crippen molar-refractivity contribution in [3.63, 3.8) is 0 Å². The molecule has 0 aliphatic heterocycles. The Kier molecular flexibility index (Phi) is 3.71. The van der Waals surface area contributed by atoms with Crippen molar-refractivity contribution in [2.24, 2.45) is 11.7 Å². The molecule has 2 N–H and O–H groups in total.